The second-order valence-corrected chi connectivity index (χ2v) is 8.10. The van der Waals surface area contributed by atoms with Gasteiger partial charge in [0, 0.05) is 36.8 Å². The molecule has 0 spiro atoms. The second-order valence-electron chi connectivity index (χ2n) is 7.38. The van der Waals surface area contributed by atoms with E-state index in [0.29, 0.717) is 24.4 Å². The van der Waals surface area contributed by atoms with Crippen LogP contribution in [0.4, 0.5) is 4.79 Å². The van der Waals surface area contributed by atoms with Crippen molar-refractivity contribution in [2.75, 3.05) is 6.61 Å². The Hall–Kier alpha value is -3.35. The molecule has 1 aromatic carbocycles. The predicted molar refractivity (Wildman–Crippen MR) is 115 cm³/mol. The molecule has 3 aromatic rings. The molecule has 174 valence electrons. The van der Waals surface area contributed by atoms with E-state index in [0.717, 1.165) is 30.5 Å². The van der Waals surface area contributed by atoms with Crippen LogP contribution >= 0.6 is 11.3 Å². The number of carbonyl (C=O) groups is 2. The van der Waals surface area contributed by atoms with Crippen molar-refractivity contribution in [1.29, 1.82) is 0 Å². The van der Waals surface area contributed by atoms with Crippen LogP contribution in [0.1, 0.15) is 58.7 Å². The molecule has 11 nitrogen and oxygen atoms in total. The first-order valence-corrected chi connectivity index (χ1v) is 11.3. The number of amides is 2. The Morgan fingerprint density at radius 1 is 1.27 bits per heavy atom. The molecular formula is C21H23N5O6S. The van der Waals surface area contributed by atoms with Crippen LogP contribution in [0.3, 0.4) is 0 Å². The number of hydrogen-bond acceptors (Lipinski definition) is 10. The minimum absolute atomic E-state index is 0.134. The van der Waals surface area contributed by atoms with E-state index in [9.17, 15) is 9.59 Å². The first-order valence-electron chi connectivity index (χ1n) is 10.4. The molecule has 1 fully saturated rings. The summed E-state index contributed by atoms with van der Waals surface area (Å²) in [4.78, 5) is 37.4. The number of hydrogen-bond donors (Lipinski definition) is 2. The zero-order chi connectivity index (χ0) is 23.0. The lowest BCUT2D eigenvalue weighted by Gasteiger charge is -2.22. The van der Waals surface area contributed by atoms with Crippen LogP contribution in [0.25, 0.3) is 0 Å². The molecular weight excluding hydrogens is 450 g/mol. The van der Waals surface area contributed by atoms with Gasteiger partial charge in [-0.2, -0.15) is 4.98 Å². The number of thiazole rings is 1. The van der Waals surface area contributed by atoms with Gasteiger partial charge in [0.25, 0.3) is 11.8 Å². The Bertz CT molecular complexity index is 1050. The van der Waals surface area contributed by atoms with Crippen LogP contribution in [-0.4, -0.2) is 40.0 Å². The maximum atomic E-state index is 12.3. The highest BCUT2D eigenvalue weighted by Crippen LogP contribution is 2.22. The van der Waals surface area contributed by atoms with E-state index in [1.165, 1.54) is 11.3 Å². The highest BCUT2D eigenvalue weighted by Gasteiger charge is 2.24. The lowest BCUT2D eigenvalue weighted by Crippen LogP contribution is -2.33. The average Bonchev–Trinajstić information content (AvgIpc) is 3.50. The van der Waals surface area contributed by atoms with Crippen LogP contribution in [0.15, 0.2) is 39.7 Å². The monoisotopic (exact) mass is 473 g/mol. The Morgan fingerprint density at radius 2 is 2.12 bits per heavy atom. The number of hydroxylamine groups is 1. The second kappa shape index (κ2) is 11.0. The molecule has 2 amide bonds. The van der Waals surface area contributed by atoms with Crippen LogP contribution < -0.4 is 11.2 Å². The van der Waals surface area contributed by atoms with Gasteiger partial charge in [0.1, 0.15) is 0 Å². The van der Waals surface area contributed by atoms with Crippen LogP contribution in [-0.2, 0) is 27.2 Å². The fourth-order valence-corrected chi connectivity index (χ4v) is 3.83. The Morgan fingerprint density at radius 3 is 2.82 bits per heavy atom. The van der Waals surface area contributed by atoms with E-state index in [2.05, 4.69) is 20.6 Å². The molecule has 2 atom stereocenters. The number of nitrogens with zero attached hydrogens (tertiary/aromatic N) is 3. The normalized spacial score (nSPS) is 16.8. The molecule has 4 rings (SSSR count). The van der Waals surface area contributed by atoms with Crippen LogP contribution in [0.5, 0.6) is 0 Å². The third kappa shape index (κ3) is 6.57. The number of rotatable bonds is 9. The van der Waals surface area contributed by atoms with Gasteiger partial charge in [-0.05, 0) is 30.5 Å². The van der Waals surface area contributed by atoms with Gasteiger partial charge in [-0.15, -0.1) is 11.3 Å². The number of nitrogens with two attached hydrogens (primary N) is 1. The number of benzene rings is 1. The van der Waals surface area contributed by atoms with Crippen molar-refractivity contribution in [2.45, 2.75) is 44.5 Å². The van der Waals surface area contributed by atoms with E-state index in [-0.39, 0.29) is 18.2 Å². The minimum atomic E-state index is -0.942. The van der Waals surface area contributed by atoms with Gasteiger partial charge in [-0.1, -0.05) is 17.3 Å². The van der Waals surface area contributed by atoms with Crippen molar-refractivity contribution in [1.82, 2.24) is 20.6 Å². The molecule has 0 aliphatic carbocycles. The molecule has 1 unspecified atom stereocenters. The highest BCUT2D eigenvalue weighted by molar-refractivity contribution is 7.07. The van der Waals surface area contributed by atoms with E-state index < -0.39 is 18.5 Å². The van der Waals surface area contributed by atoms with E-state index in [1.807, 2.05) is 5.38 Å². The predicted octanol–water partition coefficient (Wildman–Crippen LogP) is 2.68. The number of primary amides is 1. The van der Waals surface area contributed by atoms with E-state index in [1.54, 1.807) is 29.8 Å². The molecule has 3 N–H and O–H groups in total. The van der Waals surface area contributed by atoms with E-state index in [4.69, 9.17) is 24.6 Å². The van der Waals surface area contributed by atoms with Gasteiger partial charge in [0.05, 0.1) is 11.2 Å². The summed E-state index contributed by atoms with van der Waals surface area (Å²) >= 11 is 1.42. The molecule has 0 radical (unpaired) electrons. The summed E-state index contributed by atoms with van der Waals surface area (Å²) in [5, 5.41) is 5.79. The summed E-state index contributed by atoms with van der Waals surface area (Å²) < 4.78 is 15.8. The minimum Gasteiger partial charge on any atom is -0.436 e. The number of carbonyl (C=O) groups excluding carboxylic acids is 2. The van der Waals surface area contributed by atoms with Crippen molar-refractivity contribution < 1.29 is 28.4 Å². The molecule has 1 saturated heterocycles. The van der Waals surface area contributed by atoms with Crippen molar-refractivity contribution in [3.63, 3.8) is 0 Å². The quantitative estimate of drug-likeness (QED) is 0.447. The van der Waals surface area contributed by atoms with Crippen LogP contribution in [0.2, 0.25) is 0 Å². The number of ether oxygens (including phenoxy) is 2. The highest BCUT2D eigenvalue weighted by atomic mass is 32.1. The zero-order valence-corrected chi connectivity index (χ0v) is 18.5. The molecule has 12 heteroatoms. The topological polar surface area (TPSA) is 152 Å². The molecule has 0 bridgehead atoms. The molecule has 1 aliphatic heterocycles. The van der Waals surface area contributed by atoms with Crippen LogP contribution in [0, 0.1) is 0 Å². The lowest BCUT2D eigenvalue weighted by atomic mass is 10.1. The summed E-state index contributed by atoms with van der Waals surface area (Å²) in [7, 11) is 0. The molecule has 33 heavy (non-hydrogen) atoms. The van der Waals surface area contributed by atoms with Crippen molar-refractivity contribution in [2.24, 2.45) is 5.73 Å². The molecule has 3 heterocycles. The van der Waals surface area contributed by atoms with Gasteiger partial charge in [-0.3, -0.25) is 4.79 Å². The molecule has 1 aliphatic rings. The fourth-order valence-electron chi connectivity index (χ4n) is 3.26. The zero-order valence-electron chi connectivity index (χ0n) is 17.6. The maximum absolute atomic E-state index is 12.3. The van der Waals surface area contributed by atoms with Crippen molar-refractivity contribution in [3.05, 3.63) is 63.7 Å². The van der Waals surface area contributed by atoms with Crippen molar-refractivity contribution in [3.8, 4) is 0 Å². The smallest absolute Gasteiger partial charge is 0.405 e. The molecule has 2 aromatic heterocycles. The van der Waals surface area contributed by atoms with Gasteiger partial charge in [0.2, 0.25) is 0 Å². The van der Waals surface area contributed by atoms with Gasteiger partial charge >= 0.3 is 6.09 Å². The van der Waals surface area contributed by atoms with E-state index >= 15 is 0 Å². The lowest BCUT2D eigenvalue weighted by molar-refractivity contribution is -0.186. The third-order valence-corrected chi connectivity index (χ3v) is 5.53. The van der Waals surface area contributed by atoms with Crippen molar-refractivity contribution >= 4 is 23.3 Å². The first-order chi connectivity index (χ1) is 16.1. The average molecular weight is 474 g/mol. The Kier molecular flexibility index (Phi) is 7.60. The Labute approximate surface area is 193 Å². The number of nitrogens with one attached hydrogen (secondary N) is 1. The molecule has 0 saturated carbocycles. The van der Waals surface area contributed by atoms with Gasteiger partial charge in [-0.25, -0.2) is 20.1 Å². The van der Waals surface area contributed by atoms with Gasteiger partial charge in [0.15, 0.2) is 18.2 Å². The standard InChI is InChI=1S/C21H23N5O6S/c22-21(28)30-16(10-15-11-33-12-23-15)20-24-17(25-32-20)9-13-4-6-14(7-5-13)19(27)26-31-18-3-1-2-8-29-18/h4-7,11-12,16,18H,1-3,8-10H2,(H2,22,28)(H,26,27)/t16-,18?/m0/s1. The summed E-state index contributed by atoms with van der Waals surface area (Å²) in [6.07, 6.45) is 1.21. The summed E-state index contributed by atoms with van der Waals surface area (Å²) in [6.45, 7) is 0.632. The summed E-state index contributed by atoms with van der Waals surface area (Å²) in [5.74, 6) is 0.178. The maximum Gasteiger partial charge on any atom is 0.405 e. The van der Waals surface area contributed by atoms with Gasteiger partial charge < -0.3 is 19.7 Å². The fraction of sp³-hybridized carbons (Fsp3) is 0.381. The SMILES string of the molecule is NC(=O)O[C@@H](Cc1cscn1)c1nc(Cc2ccc(C(=O)NOC3CCCCO3)cc2)no1. The summed E-state index contributed by atoms with van der Waals surface area (Å²) in [6, 6.07) is 6.93. The Balaban J connectivity index is 1.34. The number of aromatic nitrogens is 3. The first kappa shape index (κ1) is 22.8. The largest absolute Gasteiger partial charge is 0.436 e. The summed E-state index contributed by atoms with van der Waals surface area (Å²) in [5.41, 5.74) is 11.3. The third-order valence-electron chi connectivity index (χ3n) is 4.89.